The Bertz CT molecular complexity index is 531. The molecule has 1 aromatic carbocycles. The number of rotatable bonds is 0. The van der Waals surface area contributed by atoms with Crippen molar-refractivity contribution in [2.24, 2.45) is 0 Å². The quantitative estimate of drug-likeness (QED) is 0.404. The van der Waals surface area contributed by atoms with Gasteiger partial charge in [-0.15, -0.1) is 12.8 Å². The Morgan fingerprint density at radius 1 is 0.913 bits per heavy atom. The second-order valence-electron chi connectivity index (χ2n) is 4.71. The maximum atomic E-state index is 11.8. The van der Waals surface area contributed by atoms with Crippen LogP contribution in [0.3, 0.4) is 0 Å². The second-order valence-corrected chi connectivity index (χ2v) is 4.71. The maximum absolute atomic E-state index is 11.8. The Morgan fingerprint density at radius 3 is 1.61 bits per heavy atom. The Kier molecular flexibility index (Phi) is 10.6. The van der Waals surface area contributed by atoms with Crippen molar-refractivity contribution in [2.45, 2.75) is 32.9 Å². The van der Waals surface area contributed by atoms with E-state index >= 15 is 0 Å². The van der Waals surface area contributed by atoms with Gasteiger partial charge >= 0.3 is 27.9 Å². The van der Waals surface area contributed by atoms with Crippen molar-refractivity contribution in [3.63, 3.8) is 0 Å². The summed E-state index contributed by atoms with van der Waals surface area (Å²) in [6, 6.07) is 7.14. The molecule has 0 saturated heterocycles. The van der Waals surface area contributed by atoms with Gasteiger partial charge in [-0.2, -0.15) is 55.7 Å². The first kappa shape index (κ1) is 21.7. The predicted octanol–water partition coefficient (Wildman–Crippen LogP) is 5.89. The average molecular weight is 351 g/mol. The van der Waals surface area contributed by atoms with E-state index in [4.69, 9.17) is 0 Å². The van der Waals surface area contributed by atoms with Crippen LogP contribution in [0, 0.1) is 18.2 Å². The van der Waals surface area contributed by atoms with Crippen molar-refractivity contribution >= 4 is 0 Å². The van der Waals surface area contributed by atoms with Crippen LogP contribution >= 0.6 is 0 Å². The molecule has 0 aromatic heterocycles. The Labute approximate surface area is 151 Å². The zero-order valence-corrected chi connectivity index (χ0v) is 14.7. The molecule has 0 bridgehead atoms. The molecule has 0 heterocycles. The van der Waals surface area contributed by atoms with Gasteiger partial charge in [0.1, 0.15) is 0 Å². The molecule has 0 nitrogen and oxygen atoms in total. The zero-order chi connectivity index (χ0) is 16.4. The van der Waals surface area contributed by atoms with Gasteiger partial charge in [0.15, 0.2) is 0 Å². The van der Waals surface area contributed by atoms with Crippen LogP contribution < -0.4 is 0 Å². The van der Waals surface area contributed by atoms with Crippen molar-refractivity contribution < 1.29 is 34.9 Å². The molecule has 0 fully saturated rings. The van der Waals surface area contributed by atoms with Crippen molar-refractivity contribution in [3.8, 4) is 0 Å². The van der Waals surface area contributed by atoms with Gasteiger partial charge in [0.05, 0.1) is 0 Å². The number of hydrogen-bond acceptors (Lipinski definition) is 0. The molecule has 2 aliphatic rings. The number of benzene rings is 1. The first-order valence-electron chi connectivity index (χ1n) is 6.91. The van der Waals surface area contributed by atoms with E-state index in [1.54, 1.807) is 0 Å². The summed E-state index contributed by atoms with van der Waals surface area (Å²) >= 11 is 0. The summed E-state index contributed by atoms with van der Waals surface area (Å²) in [5.74, 6) is 0. The molecule has 1 aromatic rings. The van der Waals surface area contributed by atoms with Crippen molar-refractivity contribution in [3.05, 3.63) is 83.5 Å². The molecule has 23 heavy (non-hydrogen) atoms. The van der Waals surface area contributed by atoms with E-state index in [-0.39, 0.29) is 21.7 Å². The van der Waals surface area contributed by atoms with E-state index in [9.17, 15) is 13.2 Å². The fourth-order valence-corrected chi connectivity index (χ4v) is 1.60. The molecule has 3 rings (SSSR count). The van der Waals surface area contributed by atoms with E-state index in [0.29, 0.717) is 0 Å². The summed E-state index contributed by atoms with van der Waals surface area (Å²) in [4.78, 5) is 0. The maximum Gasteiger partial charge on any atom is 3.00 e. The molecule has 0 N–H and O–H groups in total. The van der Waals surface area contributed by atoms with Crippen LogP contribution in [-0.2, 0) is 27.9 Å². The molecule has 0 atom stereocenters. The first-order valence-corrected chi connectivity index (χ1v) is 6.91. The van der Waals surface area contributed by atoms with Crippen LogP contribution in [0.1, 0.15) is 32.3 Å². The summed E-state index contributed by atoms with van der Waals surface area (Å²) in [5, 5.41) is 0. The molecule has 1 radical (unpaired) electrons. The number of allylic oxidation sites excluding steroid dienone is 8. The van der Waals surface area contributed by atoms with Gasteiger partial charge < -0.3 is 0 Å². The standard InChI is InChI=1S/C7H4F3.2C6H7.Ti/c8-7(9,10)6-4-2-1-3-5-6;2*1-6-4-2-3-5-6;/h1-4H;2*2,4H,3H2,1H3;/q3*-1;+3. The van der Waals surface area contributed by atoms with Crippen LogP contribution in [-0.4, -0.2) is 0 Å². The summed E-state index contributed by atoms with van der Waals surface area (Å²) < 4.78 is 35.3. The van der Waals surface area contributed by atoms with E-state index in [1.165, 1.54) is 29.3 Å². The molecular weight excluding hydrogens is 333 g/mol. The molecule has 0 aliphatic heterocycles. The molecule has 0 spiro atoms. The van der Waals surface area contributed by atoms with Crippen LogP contribution in [0.25, 0.3) is 0 Å². The van der Waals surface area contributed by atoms with Gasteiger partial charge in [0, 0.05) is 0 Å². The molecule has 0 amide bonds. The van der Waals surface area contributed by atoms with E-state index in [2.05, 4.69) is 56.4 Å². The minimum atomic E-state index is -4.26. The third-order valence-electron chi connectivity index (χ3n) is 2.75. The first-order chi connectivity index (χ1) is 10.4. The fraction of sp³-hybridized carbons (Fsp3) is 0.263. The van der Waals surface area contributed by atoms with Gasteiger partial charge in [-0.25, -0.2) is 23.3 Å². The van der Waals surface area contributed by atoms with E-state index < -0.39 is 11.7 Å². The Balaban J connectivity index is 0.000000325. The zero-order valence-electron chi connectivity index (χ0n) is 13.2. The van der Waals surface area contributed by atoms with Gasteiger partial charge in [-0.3, -0.25) is 12.2 Å². The second kappa shape index (κ2) is 11.3. The number of alkyl halides is 3. The van der Waals surface area contributed by atoms with Crippen LogP contribution in [0.5, 0.6) is 0 Å². The van der Waals surface area contributed by atoms with Gasteiger partial charge in [-0.1, -0.05) is 19.4 Å². The summed E-state index contributed by atoms with van der Waals surface area (Å²) in [7, 11) is 0. The van der Waals surface area contributed by atoms with Crippen LogP contribution in [0.2, 0.25) is 0 Å². The summed E-state index contributed by atoms with van der Waals surface area (Å²) in [6.45, 7) is 4.12. The molecule has 0 unspecified atom stereocenters. The Morgan fingerprint density at radius 2 is 1.43 bits per heavy atom. The molecule has 4 heteroatoms. The van der Waals surface area contributed by atoms with Crippen LogP contribution in [0.15, 0.2) is 59.7 Å². The van der Waals surface area contributed by atoms with E-state index in [1.807, 2.05) is 0 Å². The monoisotopic (exact) mass is 351 g/mol. The minimum Gasteiger partial charge on any atom is -0.270 e. The molecule has 119 valence electrons. The third-order valence-corrected chi connectivity index (χ3v) is 2.75. The van der Waals surface area contributed by atoms with Crippen molar-refractivity contribution in [1.82, 2.24) is 0 Å². The molecular formula is C19H18F3Ti. The van der Waals surface area contributed by atoms with Gasteiger partial charge in [0.25, 0.3) is 0 Å². The van der Waals surface area contributed by atoms with Crippen LogP contribution in [0.4, 0.5) is 13.2 Å². The van der Waals surface area contributed by atoms with E-state index in [0.717, 1.165) is 18.9 Å². The SMILES string of the molecule is CC1=[C-]CC=C1.CC1=[C-]CC=C1.FC(F)(F)c1[c-]cccc1.[Ti+3]. The van der Waals surface area contributed by atoms with Gasteiger partial charge in [0.2, 0.25) is 0 Å². The predicted molar refractivity (Wildman–Crippen MR) is 82.7 cm³/mol. The third kappa shape index (κ3) is 10.1. The number of hydrogen-bond donors (Lipinski definition) is 0. The number of halogens is 3. The summed E-state index contributed by atoms with van der Waals surface area (Å²) in [6.07, 6.45) is 12.4. The van der Waals surface area contributed by atoms with Gasteiger partial charge in [-0.05, 0) is 0 Å². The average Bonchev–Trinajstić information content (AvgIpc) is 3.14. The molecule has 2 aliphatic carbocycles. The topological polar surface area (TPSA) is 0 Å². The largest absolute Gasteiger partial charge is 3.00 e. The smallest absolute Gasteiger partial charge is 0.270 e. The fourth-order valence-electron chi connectivity index (χ4n) is 1.60. The van der Waals surface area contributed by atoms with Crippen molar-refractivity contribution in [1.29, 1.82) is 0 Å². The normalized spacial score (nSPS) is 14.7. The Hall–Kier alpha value is -1.32. The van der Waals surface area contributed by atoms with Crippen molar-refractivity contribution in [2.75, 3.05) is 0 Å². The molecule has 0 saturated carbocycles. The minimum absolute atomic E-state index is 0. The summed E-state index contributed by atoms with van der Waals surface area (Å²) in [5.41, 5.74) is 1.82.